The molecule has 1 saturated heterocycles. The molecular weight excluding hydrogens is 1380 g/mol. The van der Waals surface area contributed by atoms with Crippen LogP contribution in [0.25, 0.3) is 49.3 Å². The van der Waals surface area contributed by atoms with Crippen molar-refractivity contribution in [2.24, 2.45) is 5.73 Å². The molecule has 12 bridgehead atoms. The molecule has 1 aromatic carbocycles. The van der Waals surface area contributed by atoms with Gasteiger partial charge in [0.1, 0.15) is 120 Å². The third-order valence-electron chi connectivity index (χ3n) is 16.3. The smallest absolute Gasteiger partial charge is 0.358 e. The van der Waals surface area contributed by atoms with Crippen molar-refractivity contribution in [1.29, 1.82) is 0 Å². The number of allylic oxidation sites excluding steroid dienone is 1. The highest BCUT2D eigenvalue weighted by atomic mass is 32.1. The second-order valence-electron chi connectivity index (χ2n) is 23.3. The summed E-state index contributed by atoms with van der Waals surface area (Å²) < 4.78 is 38.2. The molecule has 12 rings (SSSR count). The van der Waals surface area contributed by atoms with Crippen LogP contribution in [0.3, 0.4) is 0 Å². The number of thiazole rings is 5. The lowest BCUT2D eigenvalue weighted by Crippen LogP contribution is -2.62. The summed E-state index contributed by atoms with van der Waals surface area (Å²) in [5.41, 5.74) is 2.00. The molecule has 512 valence electrons. The maximum atomic E-state index is 15.2. The van der Waals surface area contributed by atoms with E-state index in [-0.39, 0.29) is 105 Å². The van der Waals surface area contributed by atoms with E-state index in [1.54, 1.807) is 45.0 Å². The lowest BCUT2D eigenvalue weighted by molar-refractivity contribution is -0.280. The summed E-state index contributed by atoms with van der Waals surface area (Å²) in [4.78, 5) is 144. The van der Waals surface area contributed by atoms with Crippen LogP contribution in [0, 0.1) is 0 Å². The second-order valence-corrected chi connectivity index (χ2v) is 27.7. The number of nitrogens with one attached hydrogen (secondary N) is 5. The number of pyridine rings is 1. The summed E-state index contributed by atoms with van der Waals surface area (Å²) in [5.74, 6) is -8.28. The Morgan fingerprint density at radius 2 is 1.52 bits per heavy atom. The van der Waals surface area contributed by atoms with Crippen molar-refractivity contribution in [3.05, 3.63) is 124 Å². The zero-order valence-corrected chi connectivity index (χ0v) is 56.7. The number of benzene rings is 1. The van der Waals surface area contributed by atoms with Gasteiger partial charge in [-0.05, 0) is 59.5 Å². The van der Waals surface area contributed by atoms with Crippen LogP contribution in [0.4, 0.5) is 0 Å². The Hall–Kier alpha value is -9.54. The van der Waals surface area contributed by atoms with Crippen LogP contribution in [0.5, 0.6) is 5.75 Å². The van der Waals surface area contributed by atoms with Crippen LogP contribution in [0.15, 0.2) is 69.2 Å². The summed E-state index contributed by atoms with van der Waals surface area (Å²) in [6, 6.07) is 0.628. The molecule has 32 nitrogen and oxygen atoms in total. The van der Waals surface area contributed by atoms with Gasteiger partial charge in [-0.25, -0.2) is 39.5 Å². The fourth-order valence-electron chi connectivity index (χ4n) is 11.7. The van der Waals surface area contributed by atoms with Gasteiger partial charge in [0, 0.05) is 49.8 Å². The van der Waals surface area contributed by atoms with E-state index >= 15 is 14.4 Å². The number of carbonyl (C=O) groups is 8. The molecule has 4 aliphatic heterocycles. The number of hydrogen-bond acceptors (Lipinski definition) is 30. The molecule has 4 aliphatic rings. The molecule has 11 N–H and O–H groups in total. The molecule has 10 atom stereocenters. The Bertz CT molecular complexity index is 4610. The number of likely N-dealkylation sites (N-methyl/N-ethyl adjacent to an activating group) is 1. The number of hydrogen-bond donors (Lipinski definition) is 10. The molecule has 0 saturated carbocycles. The van der Waals surface area contributed by atoms with Crippen LogP contribution < -0.4 is 32.3 Å². The van der Waals surface area contributed by atoms with Crippen LogP contribution in [-0.4, -0.2) is 184 Å². The monoisotopic (exact) mass is 1440 g/mol. The number of cyclic esters (lactones) is 2. The van der Waals surface area contributed by atoms with Crippen molar-refractivity contribution < 1.29 is 87.3 Å². The lowest BCUT2D eigenvalue weighted by atomic mass is 9.85. The Morgan fingerprint density at radius 3 is 2.23 bits per heavy atom. The molecule has 1 fully saturated rings. The van der Waals surface area contributed by atoms with Gasteiger partial charge in [-0.2, -0.15) is 4.73 Å². The minimum absolute atomic E-state index is 0.00915. The van der Waals surface area contributed by atoms with E-state index in [4.69, 9.17) is 49.1 Å². The summed E-state index contributed by atoms with van der Waals surface area (Å²) >= 11 is 4.46. The minimum atomic E-state index is -1.92. The number of aromatic hydroxyl groups is 1. The van der Waals surface area contributed by atoms with E-state index in [2.05, 4.69) is 48.1 Å². The first-order valence-electron chi connectivity index (χ1n) is 29.7. The fraction of sp³-hybridized carbons (Fsp3) is 0.344. The van der Waals surface area contributed by atoms with Crippen molar-refractivity contribution in [3.63, 3.8) is 0 Å². The van der Waals surface area contributed by atoms with Gasteiger partial charge in [0.25, 0.3) is 29.5 Å². The Labute approximate surface area is 574 Å². The van der Waals surface area contributed by atoms with Gasteiger partial charge in [0.05, 0.1) is 48.8 Å². The molecule has 37 heteroatoms. The Balaban J connectivity index is 1.04. The maximum absolute atomic E-state index is 15.2. The number of esters is 2. The van der Waals surface area contributed by atoms with Crippen LogP contribution in [-0.2, 0) is 56.0 Å². The zero-order valence-electron chi connectivity index (χ0n) is 52.6. The number of aliphatic hydroxyl groups excluding tert-OH is 1. The fourth-order valence-corrected chi connectivity index (χ4v) is 15.9. The number of aromatic nitrogens is 7. The third-order valence-corrected chi connectivity index (χ3v) is 20.8. The van der Waals surface area contributed by atoms with E-state index in [1.807, 2.05) is 0 Å². The van der Waals surface area contributed by atoms with Crippen molar-refractivity contribution in [1.82, 2.24) is 66.1 Å². The molecule has 11 heterocycles. The number of rotatable bonds is 9. The molecular formula is C61H60N14O18S5. The number of aliphatic hydroxyl groups is 2. The number of ether oxygens (including phenoxy) is 6. The topological polar surface area (TPSA) is 445 Å². The number of primary amides is 1. The van der Waals surface area contributed by atoms with Crippen LogP contribution in [0.2, 0.25) is 0 Å². The minimum Gasteiger partial charge on any atom is -0.506 e. The number of fused-ring (bicyclic) bond motifs is 15. The van der Waals surface area contributed by atoms with Gasteiger partial charge in [0.2, 0.25) is 5.91 Å². The average Bonchev–Trinajstić information content (AvgIpc) is 1.57. The standard InChI is InChI=1S/C61H60N14O18S5/c1-22(48(62)78)63-49(79)31-19-97-57(68-31)42-36(77)12-27-41(70-42)30-17-95-55(65-30)29-16-91-59(84)44-28-15-89-45(46(93-37-13-61(5,86)47(74(6)7)25(4)92-37)60(85)90-14-26-10-9-11-35(38(26)28)75(44)87)43(58-69-32(20-98-58)50(80)64-29)73-52(82)34-21-96-56(67-34)40(24(3)88-8)72-53(83)39(23(2)76)71-51(81)33-18-94-54(27)66-33/h9-12,17-21,23,25,29,37,39,43,45-47,76-77,86-87H,1,13-16H2,2-8H3,(H2,62,78)(H,63,79)(H,64,80)(H,71,81)(H,72,83)(H,73,82)/b40-24-. The van der Waals surface area contributed by atoms with Crippen molar-refractivity contribution >= 4 is 121 Å². The van der Waals surface area contributed by atoms with Crippen LogP contribution >= 0.6 is 56.7 Å². The predicted octanol–water partition coefficient (Wildman–Crippen LogP) is 3.89. The Kier molecular flexibility index (Phi) is 19.1. The Morgan fingerprint density at radius 1 is 0.857 bits per heavy atom. The molecule has 7 aromatic heterocycles. The lowest BCUT2D eigenvalue weighted by Gasteiger charge is -2.48. The number of nitrogens with zero attached hydrogens (tertiary/aromatic N) is 8. The van der Waals surface area contributed by atoms with Gasteiger partial charge in [-0.3, -0.25) is 28.8 Å². The first-order chi connectivity index (χ1) is 46.7. The van der Waals surface area contributed by atoms with E-state index in [0.717, 1.165) is 56.7 Å². The van der Waals surface area contributed by atoms with Crippen molar-refractivity contribution in [2.75, 3.05) is 27.8 Å². The molecule has 0 spiro atoms. The largest absolute Gasteiger partial charge is 0.506 e. The van der Waals surface area contributed by atoms with E-state index in [9.17, 15) is 44.5 Å². The van der Waals surface area contributed by atoms with E-state index < -0.39 is 145 Å². The second kappa shape index (κ2) is 27.4. The molecule has 6 amide bonds. The van der Waals surface area contributed by atoms with Crippen molar-refractivity contribution in [3.8, 4) is 38.4 Å². The predicted molar refractivity (Wildman–Crippen MR) is 350 cm³/mol. The first-order valence-corrected chi connectivity index (χ1v) is 34.1. The van der Waals surface area contributed by atoms with E-state index in [0.29, 0.717) is 10.3 Å². The van der Waals surface area contributed by atoms with E-state index in [1.165, 1.54) is 60.0 Å². The highest BCUT2D eigenvalue weighted by Gasteiger charge is 2.50. The van der Waals surface area contributed by atoms with Gasteiger partial charge >= 0.3 is 11.9 Å². The SMILES string of the molecule is C=C(NC(=O)c1csc(-c2nc3c(cc2O)-c2nc(cs2)C(=O)NC(C(C)O)C(=O)N/C(=C(/C)OC)c2nc(cs2)C(=O)NC2c4nc(cs4)C(=O)NC(COC(=O)c4c5c6c(cccc6n4O)COC(=O)C(OC4CC(C)(O)C(N(C)C)C(C)O4)C2OC5)c2nc-3cs2)n1)C(N)=O. The quantitative estimate of drug-likeness (QED) is 0.0424. The summed E-state index contributed by atoms with van der Waals surface area (Å²) in [6.07, 6.45) is -7.56. The molecule has 98 heavy (non-hydrogen) atoms. The number of methoxy groups -OCH3 is 1. The number of carbonyl (C=O) groups excluding carboxylic acids is 8. The molecule has 0 aliphatic carbocycles. The number of nitrogens with two attached hydrogens (primary N) is 1. The van der Waals surface area contributed by atoms with Gasteiger partial charge in [-0.1, -0.05) is 18.7 Å². The normalized spacial score (nSPS) is 24.0. The summed E-state index contributed by atoms with van der Waals surface area (Å²) in [6.45, 7) is 7.68. The van der Waals surface area contributed by atoms with Crippen molar-refractivity contribution in [2.45, 2.75) is 108 Å². The van der Waals surface area contributed by atoms with Crippen LogP contribution in [0.1, 0.15) is 125 Å². The summed E-state index contributed by atoms with van der Waals surface area (Å²) in [5, 5.41) is 67.4. The molecule has 0 radical (unpaired) electrons. The van der Waals surface area contributed by atoms with Gasteiger partial charge in [0.15, 0.2) is 18.1 Å². The first kappa shape index (κ1) is 68.4. The van der Waals surface area contributed by atoms with Gasteiger partial charge < -0.3 is 86.2 Å². The average molecular weight is 1440 g/mol. The molecule has 8 aromatic rings. The number of amides is 6. The van der Waals surface area contributed by atoms with Gasteiger partial charge in [-0.15, -0.1) is 56.7 Å². The maximum Gasteiger partial charge on any atom is 0.358 e. The summed E-state index contributed by atoms with van der Waals surface area (Å²) in [7, 11) is 4.83. The highest BCUT2D eigenvalue weighted by molar-refractivity contribution is 7.14. The highest BCUT2D eigenvalue weighted by Crippen LogP contribution is 2.43. The molecule has 10 unspecified atom stereocenters. The zero-order chi connectivity index (χ0) is 69.9. The third kappa shape index (κ3) is 13.4.